The van der Waals surface area contributed by atoms with Gasteiger partial charge in [0.2, 0.25) is 0 Å². The van der Waals surface area contributed by atoms with E-state index in [1.807, 2.05) is 32.5 Å². The molecule has 0 N–H and O–H groups in total. The molecule has 2 saturated carbocycles. The maximum atomic E-state index is 13.0. The fourth-order valence-corrected chi connectivity index (χ4v) is 6.89. The minimum atomic E-state index is -1.24. The lowest BCUT2D eigenvalue weighted by atomic mass is 9.67. The van der Waals surface area contributed by atoms with Crippen LogP contribution in [-0.4, -0.2) is 25.7 Å². The Morgan fingerprint density at radius 3 is 2.50 bits per heavy atom. The van der Waals surface area contributed by atoms with Crippen molar-refractivity contribution >= 4 is 28.8 Å². The monoisotopic (exact) mass is 466 g/mol. The first-order valence-corrected chi connectivity index (χ1v) is 14.1. The molecule has 2 aromatic rings. The molecule has 3 aliphatic rings. The SMILES string of the molecule is CC(C)(C)[S@@+]([O-])/N=C1\c2ccccc2C[C@]12CC[C@H](c1ccc(SCC3CC3)nc1)CC2. The van der Waals surface area contributed by atoms with Crippen LogP contribution < -0.4 is 0 Å². The normalized spacial score (nSPS) is 27.6. The fourth-order valence-electron chi connectivity index (χ4n) is 5.13. The van der Waals surface area contributed by atoms with Gasteiger partial charge in [0.1, 0.15) is 21.8 Å². The van der Waals surface area contributed by atoms with E-state index in [1.54, 1.807) is 0 Å². The molecule has 0 saturated heterocycles. The average molecular weight is 467 g/mol. The molecule has 5 rings (SSSR count). The van der Waals surface area contributed by atoms with Gasteiger partial charge in [0.25, 0.3) is 0 Å². The first kappa shape index (κ1) is 22.5. The van der Waals surface area contributed by atoms with Crippen molar-refractivity contribution in [3.63, 3.8) is 0 Å². The molecular formula is C27H34N2OS2. The van der Waals surface area contributed by atoms with Crippen LogP contribution in [0.2, 0.25) is 0 Å². The molecule has 0 amide bonds. The predicted octanol–water partition coefficient (Wildman–Crippen LogP) is 6.74. The van der Waals surface area contributed by atoms with Crippen LogP contribution in [0.3, 0.4) is 0 Å². The first-order chi connectivity index (χ1) is 15.3. The highest BCUT2D eigenvalue weighted by Crippen LogP contribution is 2.51. The average Bonchev–Trinajstić information content (AvgIpc) is 3.57. The van der Waals surface area contributed by atoms with Crippen molar-refractivity contribution in [2.24, 2.45) is 15.7 Å². The van der Waals surface area contributed by atoms with Crippen LogP contribution in [0.5, 0.6) is 0 Å². The van der Waals surface area contributed by atoms with Gasteiger partial charge in [-0.15, -0.1) is 11.8 Å². The lowest BCUT2D eigenvalue weighted by molar-refractivity contribution is 0.266. The minimum absolute atomic E-state index is 0.0363. The van der Waals surface area contributed by atoms with Crippen molar-refractivity contribution in [1.82, 2.24) is 4.98 Å². The van der Waals surface area contributed by atoms with Crippen LogP contribution in [0.15, 0.2) is 52.0 Å². The van der Waals surface area contributed by atoms with E-state index >= 15 is 0 Å². The summed E-state index contributed by atoms with van der Waals surface area (Å²) in [5.41, 5.74) is 5.11. The highest BCUT2D eigenvalue weighted by Gasteiger charge is 2.47. The molecule has 1 atom stereocenters. The smallest absolute Gasteiger partial charge is 0.144 e. The standard InChI is InChI=1S/C27H34N2OS2/c1-26(2,3)32(30)29-25-23-7-5-4-6-21(23)16-27(25)14-12-20(13-15-27)22-10-11-24(28-17-22)31-18-19-8-9-19/h4-7,10-11,17,19-20H,8-9,12-16,18H2,1-3H3/b29-25+/t20-,27+,32-/m1/s1. The van der Waals surface area contributed by atoms with Gasteiger partial charge in [-0.3, -0.25) is 0 Å². The summed E-state index contributed by atoms with van der Waals surface area (Å²) in [6.07, 6.45) is 10.4. The summed E-state index contributed by atoms with van der Waals surface area (Å²) in [7, 11) is 0. The van der Waals surface area contributed by atoms with E-state index in [0.717, 1.165) is 43.7 Å². The molecule has 1 aromatic carbocycles. The zero-order valence-corrected chi connectivity index (χ0v) is 21.1. The highest BCUT2D eigenvalue weighted by atomic mass is 32.2. The second-order valence-corrected chi connectivity index (χ2v) is 13.8. The van der Waals surface area contributed by atoms with Crippen molar-refractivity contribution in [3.05, 3.63) is 59.3 Å². The predicted molar refractivity (Wildman–Crippen MR) is 136 cm³/mol. The Hall–Kier alpha value is -1.30. The Bertz CT molecular complexity index is 983. The van der Waals surface area contributed by atoms with Crippen molar-refractivity contribution in [3.8, 4) is 0 Å². The van der Waals surface area contributed by atoms with E-state index in [4.69, 9.17) is 9.38 Å². The van der Waals surface area contributed by atoms with Gasteiger partial charge in [-0.2, -0.15) is 0 Å². The number of thioether (sulfide) groups is 1. The Morgan fingerprint density at radius 1 is 1.09 bits per heavy atom. The second-order valence-electron chi connectivity index (χ2n) is 10.9. The first-order valence-electron chi connectivity index (χ1n) is 12.0. The second kappa shape index (κ2) is 8.81. The molecule has 3 nitrogen and oxygen atoms in total. The Labute approximate surface area is 200 Å². The van der Waals surface area contributed by atoms with E-state index in [-0.39, 0.29) is 10.2 Å². The number of benzene rings is 1. The van der Waals surface area contributed by atoms with E-state index in [9.17, 15) is 4.55 Å². The number of nitrogens with zero attached hydrogens (tertiary/aromatic N) is 2. The van der Waals surface area contributed by atoms with Crippen LogP contribution in [-0.2, 0) is 17.8 Å². The summed E-state index contributed by atoms with van der Waals surface area (Å²) in [5, 5.41) is 1.17. The summed E-state index contributed by atoms with van der Waals surface area (Å²) in [4.78, 5) is 4.76. The Balaban J connectivity index is 1.32. The van der Waals surface area contributed by atoms with Gasteiger partial charge in [0.15, 0.2) is 0 Å². The van der Waals surface area contributed by atoms with Gasteiger partial charge in [0, 0.05) is 22.9 Å². The van der Waals surface area contributed by atoms with Crippen LogP contribution in [0.1, 0.15) is 81.9 Å². The highest BCUT2D eigenvalue weighted by molar-refractivity contribution is 7.99. The molecule has 2 fully saturated rings. The minimum Gasteiger partial charge on any atom is -0.591 e. The van der Waals surface area contributed by atoms with Crippen LogP contribution >= 0.6 is 11.8 Å². The number of hydrogen-bond donors (Lipinski definition) is 0. The van der Waals surface area contributed by atoms with Gasteiger partial charge >= 0.3 is 0 Å². The molecule has 3 aliphatic carbocycles. The van der Waals surface area contributed by atoms with Gasteiger partial charge in [-0.05, 0) is 94.7 Å². The van der Waals surface area contributed by atoms with Crippen LogP contribution in [0, 0.1) is 11.3 Å². The molecule has 0 bridgehead atoms. The summed E-state index contributed by atoms with van der Waals surface area (Å²) >= 11 is 0.672. The molecule has 0 unspecified atom stereocenters. The third kappa shape index (κ3) is 4.67. The fraction of sp³-hybridized carbons (Fsp3) is 0.556. The van der Waals surface area contributed by atoms with E-state index in [1.165, 1.54) is 40.3 Å². The lowest BCUT2D eigenvalue weighted by Gasteiger charge is -2.37. The van der Waals surface area contributed by atoms with Gasteiger partial charge in [-0.25, -0.2) is 4.98 Å². The molecule has 5 heteroatoms. The summed E-state index contributed by atoms with van der Waals surface area (Å²) in [6, 6.07) is 13.1. The maximum absolute atomic E-state index is 13.0. The Kier molecular flexibility index (Phi) is 6.19. The summed E-state index contributed by atoms with van der Waals surface area (Å²) in [5.74, 6) is 2.71. The third-order valence-electron chi connectivity index (χ3n) is 7.34. The number of pyridine rings is 1. The number of hydrogen-bond acceptors (Lipinski definition) is 4. The summed E-state index contributed by atoms with van der Waals surface area (Å²) < 4.78 is 17.5. The molecule has 1 spiro atoms. The van der Waals surface area contributed by atoms with Crippen LogP contribution in [0.25, 0.3) is 0 Å². The number of aromatic nitrogens is 1. The molecule has 1 heterocycles. The molecule has 32 heavy (non-hydrogen) atoms. The number of fused-ring (bicyclic) bond motifs is 1. The van der Waals surface area contributed by atoms with Gasteiger partial charge < -0.3 is 4.55 Å². The molecule has 170 valence electrons. The van der Waals surface area contributed by atoms with Gasteiger partial charge in [0.05, 0.1) is 5.03 Å². The molecule has 1 aromatic heterocycles. The third-order valence-corrected chi connectivity index (χ3v) is 9.91. The largest absolute Gasteiger partial charge is 0.591 e. The van der Waals surface area contributed by atoms with Crippen molar-refractivity contribution < 1.29 is 4.55 Å². The molecule has 0 aliphatic heterocycles. The van der Waals surface area contributed by atoms with E-state index in [2.05, 4.69) is 42.6 Å². The lowest BCUT2D eigenvalue weighted by Crippen LogP contribution is -2.35. The number of rotatable bonds is 5. The van der Waals surface area contributed by atoms with Crippen LogP contribution in [0.4, 0.5) is 0 Å². The zero-order chi connectivity index (χ0) is 22.3. The maximum Gasteiger partial charge on any atom is 0.144 e. The van der Waals surface area contributed by atoms with Gasteiger partial charge in [-0.1, -0.05) is 34.7 Å². The molecular weight excluding hydrogens is 432 g/mol. The molecule has 0 radical (unpaired) electrons. The quantitative estimate of drug-likeness (QED) is 0.362. The zero-order valence-electron chi connectivity index (χ0n) is 19.5. The van der Waals surface area contributed by atoms with Crippen molar-refractivity contribution in [2.45, 2.75) is 81.4 Å². The van der Waals surface area contributed by atoms with Crippen molar-refractivity contribution in [2.75, 3.05) is 5.75 Å². The Morgan fingerprint density at radius 2 is 1.84 bits per heavy atom. The van der Waals surface area contributed by atoms with Crippen molar-refractivity contribution in [1.29, 1.82) is 0 Å². The van der Waals surface area contributed by atoms with E-state index in [0.29, 0.717) is 5.92 Å². The summed E-state index contributed by atoms with van der Waals surface area (Å²) in [6.45, 7) is 6.03. The topological polar surface area (TPSA) is 48.3 Å². The van der Waals surface area contributed by atoms with E-state index < -0.39 is 11.4 Å².